The molecule has 1 saturated heterocycles. The van der Waals surface area contributed by atoms with Crippen LogP contribution in [0.2, 0.25) is 0 Å². The Bertz CT molecular complexity index is 435. The van der Waals surface area contributed by atoms with Gasteiger partial charge in [0.05, 0.1) is 6.10 Å². The number of rotatable bonds is 5. The first-order valence-electron chi connectivity index (χ1n) is 6.48. The number of halogens is 1. The number of carbonyl (C=O) groups is 1. The van der Waals surface area contributed by atoms with Crippen LogP contribution >= 0.6 is 15.9 Å². The van der Waals surface area contributed by atoms with E-state index in [1.165, 1.54) is 0 Å². The SMILES string of the molecule is O=C(O)C1CCCN1CCC(O)c1ccc(Br)cc1. The summed E-state index contributed by atoms with van der Waals surface area (Å²) >= 11 is 3.36. The van der Waals surface area contributed by atoms with Crippen molar-refractivity contribution in [2.75, 3.05) is 13.1 Å². The summed E-state index contributed by atoms with van der Waals surface area (Å²) in [6, 6.07) is 7.18. The Kier molecular flexibility index (Phi) is 4.96. The van der Waals surface area contributed by atoms with Gasteiger partial charge in [0.25, 0.3) is 0 Å². The third-order valence-corrected chi connectivity index (χ3v) is 4.12. The lowest BCUT2D eigenvalue weighted by Crippen LogP contribution is -2.37. The largest absolute Gasteiger partial charge is 0.480 e. The van der Waals surface area contributed by atoms with Crippen LogP contribution in [-0.4, -0.2) is 40.2 Å². The third-order valence-electron chi connectivity index (χ3n) is 3.59. The minimum absolute atomic E-state index is 0.378. The monoisotopic (exact) mass is 327 g/mol. The van der Waals surface area contributed by atoms with Crippen LogP contribution in [0.4, 0.5) is 0 Å². The molecule has 1 aliphatic heterocycles. The van der Waals surface area contributed by atoms with E-state index in [0.717, 1.165) is 23.0 Å². The number of carboxylic acids is 1. The van der Waals surface area contributed by atoms with Crippen molar-refractivity contribution in [2.24, 2.45) is 0 Å². The molecule has 0 spiro atoms. The highest BCUT2D eigenvalue weighted by molar-refractivity contribution is 9.10. The molecular formula is C14H18BrNO3. The van der Waals surface area contributed by atoms with Crippen molar-refractivity contribution in [3.63, 3.8) is 0 Å². The lowest BCUT2D eigenvalue weighted by molar-refractivity contribution is -0.142. The normalized spacial score (nSPS) is 21.5. The third kappa shape index (κ3) is 3.78. The molecule has 0 aromatic heterocycles. The van der Waals surface area contributed by atoms with Gasteiger partial charge in [-0.3, -0.25) is 9.69 Å². The fourth-order valence-electron chi connectivity index (χ4n) is 2.51. The molecule has 19 heavy (non-hydrogen) atoms. The van der Waals surface area contributed by atoms with Gasteiger partial charge >= 0.3 is 5.97 Å². The zero-order valence-electron chi connectivity index (χ0n) is 10.6. The van der Waals surface area contributed by atoms with E-state index in [9.17, 15) is 9.90 Å². The highest BCUT2D eigenvalue weighted by atomic mass is 79.9. The summed E-state index contributed by atoms with van der Waals surface area (Å²) in [5.41, 5.74) is 0.870. The number of benzene rings is 1. The van der Waals surface area contributed by atoms with Gasteiger partial charge in [-0.15, -0.1) is 0 Å². The van der Waals surface area contributed by atoms with E-state index in [2.05, 4.69) is 15.9 Å². The molecule has 0 aliphatic carbocycles. The van der Waals surface area contributed by atoms with Gasteiger partial charge in [-0.1, -0.05) is 28.1 Å². The molecule has 1 aromatic rings. The number of aliphatic carboxylic acids is 1. The molecular weight excluding hydrogens is 310 g/mol. The van der Waals surface area contributed by atoms with E-state index < -0.39 is 12.1 Å². The number of hydrogen-bond donors (Lipinski definition) is 2. The van der Waals surface area contributed by atoms with Crippen molar-refractivity contribution in [2.45, 2.75) is 31.4 Å². The Hall–Kier alpha value is -0.910. The molecule has 0 amide bonds. The summed E-state index contributed by atoms with van der Waals surface area (Å²) in [7, 11) is 0. The van der Waals surface area contributed by atoms with Crippen LogP contribution in [-0.2, 0) is 4.79 Å². The van der Waals surface area contributed by atoms with Gasteiger partial charge < -0.3 is 10.2 Å². The minimum atomic E-state index is -0.754. The molecule has 2 N–H and O–H groups in total. The molecule has 1 heterocycles. The number of aliphatic hydroxyl groups excluding tert-OH is 1. The summed E-state index contributed by atoms with van der Waals surface area (Å²) in [6.07, 6.45) is 1.66. The zero-order valence-corrected chi connectivity index (χ0v) is 12.2. The van der Waals surface area contributed by atoms with Crippen LogP contribution in [0.3, 0.4) is 0 Å². The smallest absolute Gasteiger partial charge is 0.320 e. The Morgan fingerprint density at radius 3 is 2.74 bits per heavy atom. The van der Waals surface area contributed by atoms with Gasteiger partial charge in [0, 0.05) is 11.0 Å². The molecule has 4 nitrogen and oxygen atoms in total. The van der Waals surface area contributed by atoms with E-state index >= 15 is 0 Å². The van der Waals surface area contributed by atoms with Gasteiger partial charge in [0.1, 0.15) is 6.04 Å². The first kappa shape index (κ1) is 14.5. The average molecular weight is 328 g/mol. The minimum Gasteiger partial charge on any atom is -0.480 e. The maximum atomic E-state index is 11.1. The summed E-state index contributed by atoms with van der Waals surface area (Å²) in [4.78, 5) is 13.0. The lowest BCUT2D eigenvalue weighted by atomic mass is 10.1. The molecule has 2 atom stereocenters. The molecule has 1 aromatic carbocycles. The molecule has 0 bridgehead atoms. The van der Waals surface area contributed by atoms with Gasteiger partial charge in [0.15, 0.2) is 0 Å². The molecule has 1 aliphatic rings. The molecule has 5 heteroatoms. The van der Waals surface area contributed by atoms with Crippen LogP contribution in [0, 0.1) is 0 Å². The molecule has 0 radical (unpaired) electrons. The van der Waals surface area contributed by atoms with Crippen molar-refractivity contribution in [3.8, 4) is 0 Å². The molecule has 1 fully saturated rings. The second-order valence-electron chi connectivity index (χ2n) is 4.89. The highest BCUT2D eigenvalue weighted by Gasteiger charge is 2.30. The van der Waals surface area contributed by atoms with Crippen LogP contribution in [0.25, 0.3) is 0 Å². The molecule has 2 rings (SSSR count). The first-order chi connectivity index (χ1) is 9.08. The summed E-state index contributed by atoms with van der Waals surface area (Å²) in [6.45, 7) is 1.43. The van der Waals surface area contributed by atoms with Crippen LogP contribution in [0.15, 0.2) is 28.7 Å². The van der Waals surface area contributed by atoms with Gasteiger partial charge in [-0.05, 0) is 43.5 Å². The first-order valence-corrected chi connectivity index (χ1v) is 7.27. The average Bonchev–Trinajstić information content (AvgIpc) is 2.85. The molecule has 2 unspecified atom stereocenters. The van der Waals surface area contributed by atoms with Crippen molar-refractivity contribution < 1.29 is 15.0 Å². The van der Waals surface area contributed by atoms with E-state index in [-0.39, 0.29) is 6.04 Å². The van der Waals surface area contributed by atoms with E-state index in [0.29, 0.717) is 19.4 Å². The predicted molar refractivity (Wildman–Crippen MR) is 75.9 cm³/mol. The van der Waals surface area contributed by atoms with Gasteiger partial charge in [-0.2, -0.15) is 0 Å². The fourth-order valence-corrected chi connectivity index (χ4v) is 2.78. The van der Waals surface area contributed by atoms with Crippen LogP contribution in [0.1, 0.15) is 30.9 Å². The maximum Gasteiger partial charge on any atom is 0.320 e. The number of nitrogens with zero attached hydrogens (tertiary/aromatic N) is 1. The van der Waals surface area contributed by atoms with E-state index in [1.54, 1.807) is 0 Å². The Morgan fingerprint density at radius 1 is 1.42 bits per heavy atom. The topological polar surface area (TPSA) is 60.8 Å². The number of aliphatic hydroxyl groups is 1. The number of likely N-dealkylation sites (tertiary alicyclic amines) is 1. The second-order valence-corrected chi connectivity index (χ2v) is 5.80. The Balaban J connectivity index is 1.88. The summed E-state index contributed by atoms with van der Waals surface area (Å²) in [5.74, 6) is -0.754. The Labute approximate surface area is 121 Å². The van der Waals surface area contributed by atoms with Gasteiger partial charge in [-0.25, -0.2) is 0 Å². The fraction of sp³-hybridized carbons (Fsp3) is 0.500. The molecule has 0 saturated carbocycles. The molecule has 104 valence electrons. The second kappa shape index (κ2) is 6.50. The maximum absolute atomic E-state index is 11.1. The summed E-state index contributed by atoms with van der Waals surface area (Å²) < 4.78 is 0.980. The van der Waals surface area contributed by atoms with Crippen molar-refractivity contribution in [1.29, 1.82) is 0 Å². The Morgan fingerprint density at radius 2 is 2.11 bits per heavy atom. The number of carboxylic acid groups (broad SMARTS) is 1. The highest BCUT2D eigenvalue weighted by Crippen LogP contribution is 2.23. The van der Waals surface area contributed by atoms with E-state index in [4.69, 9.17) is 5.11 Å². The predicted octanol–water partition coefficient (Wildman–Crippen LogP) is 2.42. The standard InChI is InChI=1S/C14H18BrNO3/c15-11-5-3-10(4-6-11)13(17)7-9-16-8-1-2-12(16)14(18)19/h3-6,12-13,17H,1-2,7-9H2,(H,18,19). The van der Waals surface area contributed by atoms with Crippen molar-refractivity contribution >= 4 is 21.9 Å². The van der Waals surface area contributed by atoms with E-state index in [1.807, 2.05) is 29.2 Å². The van der Waals surface area contributed by atoms with Crippen molar-refractivity contribution in [1.82, 2.24) is 4.90 Å². The van der Waals surface area contributed by atoms with Crippen molar-refractivity contribution in [3.05, 3.63) is 34.3 Å². The van der Waals surface area contributed by atoms with Crippen LogP contribution < -0.4 is 0 Å². The lowest BCUT2D eigenvalue weighted by Gasteiger charge is -2.22. The van der Waals surface area contributed by atoms with Gasteiger partial charge in [0.2, 0.25) is 0 Å². The van der Waals surface area contributed by atoms with Crippen LogP contribution in [0.5, 0.6) is 0 Å². The summed E-state index contributed by atoms with van der Waals surface area (Å²) in [5, 5.41) is 19.2. The quantitative estimate of drug-likeness (QED) is 0.871. The number of hydrogen-bond acceptors (Lipinski definition) is 3. The zero-order chi connectivity index (χ0) is 13.8.